The molecular weight excluding hydrogens is 340 g/mol. The van der Waals surface area contributed by atoms with Gasteiger partial charge in [0.1, 0.15) is 11.3 Å². The van der Waals surface area contributed by atoms with Crippen LogP contribution < -0.4 is 0 Å². The summed E-state index contributed by atoms with van der Waals surface area (Å²) in [4.78, 5) is 19.0. The van der Waals surface area contributed by atoms with Crippen molar-refractivity contribution in [2.45, 2.75) is 0 Å². The molecule has 3 N–H and O–H groups in total. The normalized spacial score (nSPS) is 11.4. The predicted molar refractivity (Wildman–Crippen MR) is 106 cm³/mol. The van der Waals surface area contributed by atoms with Crippen molar-refractivity contribution >= 4 is 38.7 Å². The number of H-pyrrole nitrogens is 2. The first-order chi connectivity index (χ1) is 13.2. The van der Waals surface area contributed by atoms with Crippen LogP contribution in [0.15, 0.2) is 60.8 Å². The van der Waals surface area contributed by atoms with Crippen LogP contribution in [-0.4, -0.2) is 28.2 Å². The molecule has 0 spiro atoms. The van der Waals surface area contributed by atoms with Crippen LogP contribution in [0.3, 0.4) is 0 Å². The molecule has 3 aromatic carbocycles. The summed E-state index contributed by atoms with van der Waals surface area (Å²) < 4.78 is 4.90. The first kappa shape index (κ1) is 15.5. The minimum Gasteiger partial charge on any atom is -0.506 e. The third-order valence-corrected chi connectivity index (χ3v) is 5.04. The summed E-state index contributed by atoms with van der Waals surface area (Å²) in [6.07, 6.45) is 1.85. The number of benzene rings is 3. The van der Waals surface area contributed by atoms with E-state index in [0.717, 1.165) is 38.3 Å². The lowest BCUT2D eigenvalue weighted by Gasteiger charge is -2.10. The van der Waals surface area contributed by atoms with E-state index in [9.17, 15) is 9.90 Å². The van der Waals surface area contributed by atoms with Crippen molar-refractivity contribution in [3.8, 4) is 16.9 Å². The van der Waals surface area contributed by atoms with Crippen molar-refractivity contribution in [2.24, 2.45) is 0 Å². The van der Waals surface area contributed by atoms with Crippen LogP contribution in [0.4, 0.5) is 0 Å². The molecule has 5 aromatic rings. The molecule has 2 aromatic heterocycles. The highest BCUT2D eigenvalue weighted by Gasteiger charge is 2.23. The van der Waals surface area contributed by atoms with E-state index >= 15 is 0 Å². The minimum absolute atomic E-state index is 0.0920. The third kappa shape index (κ3) is 2.15. The van der Waals surface area contributed by atoms with Crippen LogP contribution in [0.25, 0.3) is 43.8 Å². The Balaban J connectivity index is 1.98. The van der Waals surface area contributed by atoms with Gasteiger partial charge in [-0.3, -0.25) is 0 Å². The maximum atomic E-state index is 12.3. The van der Waals surface area contributed by atoms with Crippen LogP contribution in [0.2, 0.25) is 0 Å². The van der Waals surface area contributed by atoms with Gasteiger partial charge in [-0.1, -0.05) is 36.4 Å². The maximum absolute atomic E-state index is 12.3. The van der Waals surface area contributed by atoms with Crippen LogP contribution in [0, 0.1) is 0 Å². The molecule has 5 heteroatoms. The molecule has 5 nitrogen and oxygen atoms in total. The van der Waals surface area contributed by atoms with E-state index in [1.165, 1.54) is 7.11 Å². The van der Waals surface area contributed by atoms with Gasteiger partial charge in [-0.25, -0.2) is 4.79 Å². The molecule has 0 aliphatic rings. The molecule has 0 saturated heterocycles. The highest BCUT2D eigenvalue weighted by Crippen LogP contribution is 2.44. The molecule has 5 rings (SSSR count). The van der Waals surface area contributed by atoms with Crippen LogP contribution >= 0.6 is 0 Å². The number of aromatic amines is 2. The topological polar surface area (TPSA) is 78.1 Å². The first-order valence-corrected chi connectivity index (χ1v) is 8.60. The summed E-state index contributed by atoms with van der Waals surface area (Å²) >= 11 is 0. The number of para-hydroxylation sites is 2. The molecule has 0 unspecified atom stereocenters. The van der Waals surface area contributed by atoms with Gasteiger partial charge in [-0.2, -0.15) is 0 Å². The molecule has 27 heavy (non-hydrogen) atoms. The molecule has 132 valence electrons. The van der Waals surface area contributed by atoms with Gasteiger partial charge in [-0.15, -0.1) is 0 Å². The Bertz CT molecular complexity index is 1340. The zero-order chi connectivity index (χ0) is 18.5. The number of phenolic OH excluding ortho intramolecular Hbond substituents is 1. The predicted octanol–water partition coefficient (Wildman–Crippen LogP) is 4.96. The van der Waals surface area contributed by atoms with Crippen molar-refractivity contribution in [1.29, 1.82) is 0 Å². The number of ether oxygens (including phenoxy) is 1. The van der Waals surface area contributed by atoms with Gasteiger partial charge in [0.25, 0.3) is 0 Å². The van der Waals surface area contributed by atoms with Crippen molar-refractivity contribution in [3.05, 3.63) is 66.4 Å². The Morgan fingerprint density at radius 1 is 0.963 bits per heavy atom. The number of carbonyl (C=O) groups excluding carboxylic acids is 1. The number of carbonyl (C=O) groups is 1. The highest BCUT2D eigenvalue weighted by molar-refractivity contribution is 6.18. The Labute approximate surface area is 154 Å². The fourth-order valence-electron chi connectivity index (χ4n) is 3.78. The fourth-order valence-corrected chi connectivity index (χ4v) is 3.78. The molecule has 0 radical (unpaired) electrons. The number of esters is 1. The minimum atomic E-state index is -0.569. The third-order valence-electron chi connectivity index (χ3n) is 5.04. The maximum Gasteiger partial charge on any atom is 0.341 e. The molecule has 0 amide bonds. The zero-order valence-electron chi connectivity index (χ0n) is 14.5. The van der Waals surface area contributed by atoms with E-state index in [2.05, 4.69) is 9.97 Å². The number of fused-ring (bicyclic) bond motifs is 4. The van der Waals surface area contributed by atoms with Gasteiger partial charge in [0.2, 0.25) is 0 Å². The Hall–Kier alpha value is -3.73. The lowest BCUT2D eigenvalue weighted by molar-refractivity contribution is 0.0598. The van der Waals surface area contributed by atoms with Gasteiger partial charge in [0.05, 0.1) is 18.2 Å². The van der Waals surface area contributed by atoms with Gasteiger partial charge >= 0.3 is 5.97 Å². The van der Waals surface area contributed by atoms with E-state index in [-0.39, 0.29) is 11.3 Å². The molecule has 0 atom stereocenters. The van der Waals surface area contributed by atoms with Gasteiger partial charge < -0.3 is 19.8 Å². The monoisotopic (exact) mass is 356 g/mol. The Morgan fingerprint density at radius 2 is 1.67 bits per heavy atom. The van der Waals surface area contributed by atoms with E-state index < -0.39 is 5.97 Å². The number of rotatable bonds is 2. The highest BCUT2D eigenvalue weighted by atomic mass is 16.5. The summed E-state index contributed by atoms with van der Waals surface area (Å²) in [6.45, 7) is 0. The summed E-state index contributed by atoms with van der Waals surface area (Å²) in [7, 11) is 1.31. The lowest BCUT2D eigenvalue weighted by atomic mass is 9.97. The second-order valence-corrected chi connectivity index (χ2v) is 6.48. The Morgan fingerprint density at radius 3 is 2.44 bits per heavy atom. The first-order valence-electron chi connectivity index (χ1n) is 8.60. The average molecular weight is 356 g/mol. The number of phenols is 1. The van der Waals surface area contributed by atoms with Crippen LogP contribution in [0.5, 0.6) is 5.75 Å². The quantitative estimate of drug-likeness (QED) is 0.391. The number of methoxy groups -OCH3 is 1. The second kappa shape index (κ2) is 5.64. The smallest absolute Gasteiger partial charge is 0.341 e. The van der Waals surface area contributed by atoms with E-state index in [1.54, 1.807) is 6.07 Å². The summed E-state index contributed by atoms with van der Waals surface area (Å²) in [6, 6.07) is 17.4. The summed E-state index contributed by atoms with van der Waals surface area (Å²) in [5, 5.41) is 13.8. The van der Waals surface area contributed by atoms with Gasteiger partial charge in [-0.05, 0) is 18.2 Å². The molecule has 2 heterocycles. The van der Waals surface area contributed by atoms with E-state index in [1.807, 2.05) is 54.7 Å². The van der Waals surface area contributed by atoms with E-state index in [0.29, 0.717) is 5.56 Å². The standard InChI is InChI=1S/C22H16N2O3/c1-27-22(26)15-10-14-12-6-3-5-9-18(12)24-20(14)19(21(15)25)16-11-23-17-8-4-2-7-13(16)17/h2-11,23-25H,1H3. The Kier molecular flexibility index (Phi) is 3.24. The summed E-state index contributed by atoms with van der Waals surface area (Å²) in [5.41, 5.74) is 4.24. The molecule has 0 aliphatic carbocycles. The molecule has 0 saturated carbocycles. The number of aromatic nitrogens is 2. The molecule has 0 aliphatic heterocycles. The van der Waals surface area contributed by atoms with Crippen molar-refractivity contribution in [1.82, 2.24) is 9.97 Å². The summed E-state index contributed by atoms with van der Waals surface area (Å²) in [5.74, 6) is -0.661. The SMILES string of the molecule is COC(=O)c1cc2c([nH]c3ccccc32)c(-c2c[nH]c3ccccc23)c1O. The number of hydrogen-bond donors (Lipinski definition) is 3. The molecule has 0 fully saturated rings. The van der Waals surface area contributed by atoms with E-state index in [4.69, 9.17) is 4.74 Å². The number of hydrogen-bond acceptors (Lipinski definition) is 3. The average Bonchev–Trinajstić information content (AvgIpc) is 3.28. The fraction of sp³-hybridized carbons (Fsp3) is 0.0455. The zero-order valence-corrected chi connectivity index (χ0v) is 14.5. The molecule has 0 bridgehead atoms. The molecular formula is C22H16N2O3. The van der Waals surface area contributed by atoms with Crippen molar-refractivity contribution in [2.75, 3.05) is 7.11 Å². The number of aromatic hydroxyl groups is 1. The van der Waals surface area contributed by atoms with Crippen molar-refractivity contribution in [3.63, 3.8) is 0 Å². The lowest BCUT2D eigenvalue weighted by Crippen LogP contribution is -2.02. The van der Waals surface area contributed by atoms with Crippen LogP contribution in [0.1, 0.15) is 10.4 Å². The largest absolute Gasteiger partial charge is 0.506 e. The van der Waals surface area contributed by atoms with Crippen molar-refractivity contribution < 1.29 is 14.6 Å². The second-order valence-electron chi connectivity index (χ2n) is 6.48. The van der Waals surface area contributed by atoms with Gasteiger partial charge in [0, 0.05) is 39.0 Å². The van der Waals surface area contributed by atoms with Crippen LogP contribution in [-0.2, 0) is 4.74 Å². The van der Waals surface area contributed by atoms with Gasteiger partial charge in [0.15, 0.2) is 0 Å². The number of nitrogens with one attached hydrogen (secondary N) is 2.